The smallest absolute Gasteiger partial charge is 0.227 e. The lowest BCUT2D eigenvalue weighted by atomic mass is 10.1. The molecule has 1 fully saturated rings. The van der Waals surface area contributed by atoms with E-state index < -0.39 is 0 Å². The molecule has 0 spiro atoms. The third-order valence-corrected chi connectivity index (χ3v) is 4.97. The van der Waals surface area contributed by atoms with Gasteiger partial charge in [-0.25, -0.2) is 0 Å². The van der Waals surface area contributed by atoms with Gasteiger partial charge in [0.15, 0.2) is 0 Å². The minimum atomic E-state index is 0.273. The van der Waals surface area contributed by atoms with Gasteiger partial charge in [-0.15, -0.1) is 0 Å². The third-order valence-electron chi connectivity index (χ3n) is 3.77. The monoisotopic (exact) mass is 306 g/mol. The van der Waals surface area contributed by atoms with Gasteiger partial charge in [0.05, 0.1) is 12.5 Å². The van der Waals surface area contributed by atoms with Crippen LogP contribution in [0, 0.1) is 6.92 Å². The summed E-state index contributed by atoms with van der Waals surface area (Å²) in [5, 5.41) is 0. The average Bonchev–Trinajstić information content (AvgIpc) is 2.63. The second kappa shape index (κ2) is 7.85. The molecule has 1 unspecified atom stereocenters. The van der Waals surface area contributed by atoms with E-state index in [4.69, 9.17) is 0 Å². The van der Waals surface area contributed by atoms with Crippen LogP contribution >= 0.6 is 11.8 Å². The fourth-order valence-electron chi connectivity index (χ4n) is 2.83. The number of carbonyl (C=O) groups is 1. The van der Waals surface area contributed by atoms with Crippen molar-refractivity contribution >= 4 is 17.7 Å². The maximum Gasteiger partial charge on any atom is 0.227 e. The molecule has 0 aromatic heterocycles. The quantitative estimate of drug-likeness (QED) is 0.853. The molecule has 1 heterocycles. The molecule has 1 aromatic rings. The molecule has 1 saturated heterocycles. The van der Waals surface area contributed by atoms with Gasteiger partial charge in [-0.1, -0.05) is 29.8 Å². The van der Waals surface area contributed by atoms with Crippen LogP contribution in [0.25, 0.3) is 0 Å². The van der Waals surface area contributed by atoms with Crippen LogP contribution in [0.5, 0.6) is 0 Å². The van der Waals surface area contributed by atoms with E-state index in [2.05, 4.69) is 49.0 Å². The summed E-state index contributed by atoms with van der Waals surface area (Å²) in [5.41, 5.74) is 2.34. The Hall–Kier alpha value is -1.00. The Morgan fingerprint density at radius 1 is 1.43 bits per heavy atom. The van der Waals surface area contributed by atoms with Crippen LogP contribution in [0.15, 0.2) is 24.3 Å². The van der Waals surface area contributed by atoms with E-state index in [1.165, 1.54) is 5.56 Å². The van der Waals surface area contributed by atoms with Gasteiger partial charge >= 0.3 is 0 Å². The summed E-state index contributed by atoms with van der Waals surface area (Å²) < 4.78 is 0. The number of nitrogens with zero attached hydrogens (tertiary/aromatic N) is 2. The summed E-state index contributed by atoms with van der Waals surface area (Å²) in [6.07, 6.45) is 1.63. The molecule has 0 bridgehead atoms. The molecule has 2 rings (SSSR count). The average molecular weight is 306 g/mol. The summed E-state index contributed by atoms with van der Waals surface area (Å²) in [4.78, 5) is 17.0. The molecule has 1 aliphatic heterocycles. The first-order valence-electron chi connectivity index (χ1n) is 7.64. The molecule has 0 aliphatic carbocycles. The molecule has 3 nitrogen and oxygen atoms in total. The van der Waals surface area contributed by atoms with E-state index in [-0.39, 0.29) is 5.91 Å². The van der Waals surface area contributed by atoms with Gasteiger partial charge in [-0.05, 0) is 38.8 Å². The van der Waals surface area contributed by atoms with Crippen LogP contribution in [0.2, 0.25) is 0 Å². The van der Waals surface area contributed by atoms with E-state index in [9.17, 15) is 4.79 Å². The summed E-state index contributed by atoms with van der Waals surface area (Å²) >= 11 is 1.98. The predicted octanol–water partition coefficient (Wildman–Crippen LogP) is 2.43. The van der Waals surface area contributed by atoms with E-state index in [0.717, 1.165) is 36.6 Å². The summed E-state index contributed by atoms with van der Waals surface area (Å²) in [6.45, 7) is 3.92. The molecular weight excluding hydrogens is 280 g/mol. The zero-order chi connectivity index (χ0) is 15.2. The molecule has 0 N–H and O–H groups in total. The lowest BCUT2D eigenvalue weighted by molar-refractivity contribution is -0.132. The first-order valence-corrected chi connectivity index (χ1v) is 8.79. The molecule has 116 valence electrons. The summed E-state index contributed by atoms with van der Waals surface area (Å²) in [6, 6.07) is 8.62. The van der Waals surface area contributed by atoms with Crippen molar-refractivity contribution in [3.8, 4) is 0 Å². The highest BCUT2D eigenvalue weighted by Crippen LogP contribution is 2.18. The van der Waals surface area contributed by atoms with Crippen molar-refractivity contribution in [2.24, 2.45) is 0 Å². The molecule has 21 heavy (non-hydrogen) atoms. The molecule has 0 radical (unpaired) electrons. The van der Waals surface area contributed by atoms with Crippen molar-refractivity contribution in [3.05, 3.63) is 35.4 Å². The highest BCUT2D eigenvalue weighted by Gasteiger charge is 2.26. The van der Waals surface area contributed by atoms with E-state index in [1.807, 2.05) is 17.8 Å². The van der Waals surface area contributed by atoms with Crippen molar-refractivity contribution in [1.29, 1.82) is 0 Å². The number of rotatable bonds is 4. The van der Waals surface area contributed by atoms with E-state index in [1.54, 1.807) is 0 Å². The Kier molecular flexibility index (Phi) is 6.12. The standard InChI is InChI=1S/C17H26N2OS/c1-14-6-4-7-15(10-14)11-17(20)19-8-5-9-21-13-16(19)12-18(2)3/h4,6-7,10,16H,5,8-9,11-13H2,1-3H3. The van der Waals surface area contributed by atoms with Crippen molar-refractivity contribution in [3.63, 3.8) is 0 Å². The van der Waals surface area contributed by atoms with Gasteiger partial charge in [0, 0.05) is 18.8 Å². The summed E-state index contributed by atoms with van der Waals surface area (Å²) in [7, 11) is 4.16. The zero-order valence-corrected chi connectivity index (χ0v) is 14.2. The number of benzene rings is 1. The second-order valence-corrected chi connectivity index (χ2v) is 7.25. The van der Waals surface area contributed by atoms with Gasteiger partial charge in [-0.2, -0.15) is 11.8 Å². The maximum atomic E-state index is 12.7. The van der Waals surface area contributed by atoms with E-state index >= 15 is 0 Å². The fourth-order valence-corrected chi connectivity index (χ4v) is 3.89. The number of hydrogen-bond donors (Lipinski definition) is 0. The number of aryl methyl sites for hydroxylation is 1. The maximum absolute atomic E-state index is 12.7. The van der Waals surface area contributed by atoms with Gasteiger partial charge in [-0.3, -0.25) is 4.79 Å². The molecular formula is C17H26N2OS. The Labute approximate surface area is 132 Å². The van der Waals surface area contributed by atoms with Crippen molar-refractivity contribution in [2.45, 2.75) is 25.8 Å². The van der Waals surface area contributed by atoms with Crippen LogP contribution in [0.4, 0.5) is 0 Å². The van der Waals surface area contributed by atoms with Gasteiger partial charge in [0.25, 0.3) is 0 Å². The summed E-state index contributed by atoms with van der Waals surface area (Å²) in [5.74, 6) is 2.49. The molecule has 1 aliphatic rings. The lowest BCUT2D eigenvalue weighted by Gasteiger charge is -2.32. The van der Waals surface area contributed by atoms with Crippen LogP contribution < -0.4 is 0 Å². The lowest BCUT2D eigenvalue weighted by Crippen LogP contribution is -2.47. The second-order valence-electron chi connectivity index (χ2n) is 6.10. The molecule has 0 saturated carbocycles. The Balaban J connectivity index is 2.06. The van der Waals surface area contributed by atoms with Crippen molar-refractivity contribution in [1.82, 2.24) is 9.80 Å². The number of carbonyl (C=O) groups excluding carboxylic acids is 1. The van der Waals surface area contributed by atoms with Crippen molar-refractivity contribution in [2.75, 3.05) is 38.7 Å². The Bertz CT molecular complexity index is 476. The van der Waals surface area contributed by atoms with Crippen LogP contribution in [0.3, 0.4) is 0 Å². The molecule has 1 amide bonds. The van der Waals surface area contributed by atoms with Crippen LogP contribution in [0.1, 0.15) is 17.5 Å². The normalized spacial score (nSPS) is 19.6. The molecule has 1 atom stereocenters. The topological polar surface area (TPSA) is 23.6 Å². The van der Waals surface area contributed by atoms with Crippen LogP contribution in [-0.2, 0) is 11.2 Å². The first-order chi connectivity index (χ1) is 10.1. The SMILES string of the molecule is Cc1cccc(CC(=O)N2CCCSCC2CN(C)C)c1. The Morgan fingerprint density at radius 3 is 2.95 bits per heavy atom. The third kappa shape index (κ3) is 5.04. The van der Waals surface area contributed by atoms with Gasteiger partial charge < -0.3 is 9.80 Å². The number of amides is 1. The highest BCUT2D eigenvalue weighted by molar-refractivity contribution is 7.99. The molecule has 1 aromatic carbocycles. The molecule has 4 heteroatoms. The highest BCUT2D eigenvalue weighted by atomic mass is 32.2. The van der Waals surface area contributed by atoms with E-state index in [0.29, 0.717) is 12.5 Å². The van der Waals surface area contributed by atoms with Gasteiger partial charge in [0.1, 0.15) is 0 Å². The number of likely N-dealkylation sites (N-methyl/N-ethyl adjacent to an activating group) is 1. The number of hydrogen-bond acceptors (Lipinski definition) is 3. The minimum Gasteiger partial charge on any atom is -0.337 e. The van der Waals surface area contributed by atoms with Gasteiger partial charge in [0.2, 0.25) is 5.91 Å². The number of thioether (sulfide) groups is 1. The fraction of sp³-hybridized carbons (Fsp3) is 0.588. The predicted molar refractivity (Wildman–Crippen MR) is 90.9 cm³/mol. The Morgan fingerprint density at radius 2 is 2.24 bits per heavy atom. The zero-order valence-electron chi connectivity index (χ0n) is 13.3. The first kappa shape index (κ1) is 16.4. The largest absolute Gasteiger partial charge is 0.337 e. The van der Waals surface area contributed by atoms with Crippen LogP contribution in [-0.4, -0.2) is 60.4 Å². The minimum absolute atomic E-state index is 0.273. The van der Waals surface area contributed by atoms with Crippen molar-refractivity contribution < 1.29 is 4.79 Å².